The van der Waals surface area contributed by atoms with E-state index in [2.05, 4.69) is 31.2 Å². The van der Waals surface area contributed by atoms with Crippen LogP contribution >= 0.6 is 0 Å². The summed E-state index contributed by atoms with van der Waals surface area (Å²) in [4.78, 5) is 0. The molecule has 0 saturated heterocycles. The van der Waals surface area contributed by atoms with Crippen LogP contribution in [0.15, 0.2) is 36.4 Å². The largest absolute Gasteiger partial charge is 0.409 e. The van der Waals surface area contributed by atoms with Crippen LogP contribution < -0.4 is 0 Å². The highest BCUT2D eigenvalue weighted by Crippen LogP contribution is 2.40. The van der Waals surface area contributed by atoms with E-state index in [-0.39, 0.29) is 5.92 Å². The van der Waals surface area contributed by atoms with Crippen molar-refractivity contribution >= 4 is 0 Å². The van der Waals surface area contributed by atoms with Crippen molar-refractivity contribution in [2.24, 2.45) is 11.8 Å². The molecule has 0 atom stereocenters. The van der Waals surface area contributed by atoms with Crippen molar-refractivity contribution in [3.63, 3.8) is 0 Å². The van der Waals surface area contributed by atoms with Crippen LogP contribution in [-0.4, -0.2) is 6.18 Å². The Morgan fingerprint density at radius 1 is 0.719 bits per heavy atom. The summed E-state index contributed by atoms with van der Waals surface area (Å²) in [6, 6.07) is 9.27. The number of hydrogen-bond donors (Lipinski definition) is 0. The minimum atomic E-state index is -4.18. The van der Waals surface area contributed by atoms with Crippen molar-refractivity contribution in [3.8, 4) is 0 Å². The molecular formula is C29H43F3. The highest BCUT2D eigenvalue weighted by Gasteiger charge is 2.26. The average molecular weight is 449 g/mol. The maximum absolute atomic E-state index is 12.4. The molecule has 0 radical (unpaired) electrons. The fraction of sp³-hybridized carbons (Fsp3) is 0.724. The maximum atomic E-state index is 12.4. The zero-order chi connectivity index (χ0) is 22.8. The van der Waals surface area contributed by atoms with Crippen LogP contribution in [-0.2, 0) is 0 Å². The smallest absolute Gasteiger partial charge is 0.167 e. The van der Waals surface area contributed by atoms with E-state index >= 15 is 0 Å². The molecule has 1 aromatic rings. The van der Waals surface area contributed by atoms with Gasteiger partial charge in [-0.3, -0.25) is 0 Å². The molecule has 2 saturated carbocycles. The summed E-state index contributed by atoms with van der Waals surface area (Å²) in [5.74, 6) is 2.25. The van der Waals surface area contributed by atoms with Gasteiger partial charge in [0.05, 0.1) is 0 Å². The lowest BCUT2D eigenvalue weighted by Gasteiger charge is -2.30. The van der Waals surface area contributed by atoms with Gasteiger partial charge < -0.3 is 0 Å². The van der Waals surface area contributed by atoms with E-state index in [0.29, 0.717) is 17.9 Å². The Hall–Kier alpha value is -1.25. The zero-order valence-electron chi connectivity index (χ0n) is 20.0. The lowest BCUT2D eigenvalue weighted by molar-refractivity contribution is -0.0803. The Morgan fingerprint density at radius 3 is 1.75 bits per heavy atom. The van der Waals surface area contributed by atoms with Crippen molar-refractivity contribution in [2.45, 2.75) is 121 Å². The van der Waals surface area contributed by atoms with Crippen molar-refractivity contribution in [2.75, 3.05) is 0 Å². The van der Waals surface area contributed by atoms with Gasteiger partial charge in [-0.05, 0) is 86.2 Å². The third-order valence-corrected chi connectivity index (χ3v) is 8.02. The van der Waals surface area contributed by atoms with Gasteiger partial charge >= 0.3 is 6.18 Å². The molecule has 3 rings (SSSR count). The summed E-state index contributed by atoms with van der Waals surface area (Å²) < 4.78 is 37.2. The van der Waals surface area contributed by atoms with E-state index in [1.54, 1.807) is 0 Å². The number of benzene rings is 1. The molecule has 0 N–H and O–H groups in total. The molecule has 0 aliphatic heterocycles. The molecule has 3 heteroatoms. The van der Waals surface area contributed by atoms with Crippen LogP contribution in [0.25, 0.3) is 0 Å². The van der Waals surface area contributed by atoms with Gasteiger partial charge in [0, 0.05) is 6.08 Å². The number of halogens is 3. The second-order valence-corrected chi connectivity index (χ2v) is 10.5. The third-order valence-electron chi connectivity index (χ3n) is 8.02. The van der Waals surface area contributed by atoms with Crippen molar-refractivity contribution in [1.82, 2.24) is 0 Å². The second kappa shape index (κ2) is 12.8. The molecule has 2 aliphatic rings. The topological polar surface area (TPSA) is 0 Å². The second-order valence-electron chi connectivity index (χ2n) is 10.5. The first-order valence-electron chi connectivity index (χ1n) is 13.3. The lowest BCUT2D eigenvalue weighted by Crippen LogP contribution is -2.14. The molecule has 0 heterocycles. The summed E-state index contributed by atoms with van der Waals surface area (Å²) in [5.41, 5.74) is 2.87. The molecule has 2 aliphatic carbocycles. The molecule has 0 nitrogen and oxygen atoms in total. The van der Waals surface area contributed by atoms with Crippen molar-refractivity contribution in [1.29, 1.82) is 0 Å². The van der Waals surface area contributed by atoms with Gasteiger partial charge in [-0.25, -0.2) is 0 Å². The van der Waals surface area contributed by atoms with Crippen LogP contribution in [0.2, 0.25) is 0 Å². The summed E-state index contributed by atoms with van der Waals surface area (Å²) >= 11 is 0. The number of rotatable bonds is 10. The van der Waals surface area contributed by atoms with Gasteiger partial charge in [0.15, 0.2) is 0 Å². The quantitative estimate of drug-likeness (QED) is 0.247. The SMILES string of the molecule is CCCCCCCCC1CCC(c2ccc(C3CCC(/C=C/C(F)(F)F)CC3)cc2)CC1. The van der Waals surface area contributed by atoms with Crippen LogP contribution in [0.4, 0.5) is 13.2 Å². The minimum Gasteiger partial charge on any atom is -0.167 e. The highest BCUT2D eigenvalue weighted by molar-refractivity contribution is 5.28. The number of alkyl halides is 3. The Labute approximate surface area is 194 Å². The van der Waals surface area contributed by atoms with Crippen LogP contribution in [0.1, 0.15) is 126 Å². The zero-order valence-corrected chi connectivity index (χ0v) is 20.0. The molecule has 180 valence electrons. The van der Waals surface area contributed by atoms with Gasteiger partial charge in [-0.1, -0.05) is 82.2 Å². The van der Waals surface area contributed by atoms with Crippen LogP contribution in [0, 0.1) is 11.8 Å². The molecule has 0 unspecified atom stereocenters. The lowest BCUT2D eigenvalue weighted by atomic mass is 9.75. The molecule has 0 bridgehead atoms. The average Bonchev–Trinajstić information content (AvgIpc) is 2.80. The fourth-order valence-corrected chi connectivity index (χ4v) is 5.93. The molecule has 0 aromatic heterocycles. The molecule has 0 spiro atoms. The molecule has 0 amide bonds. The van der Waals surface area contributed by atoms with Crippen LogP contribution in [0.3, 0.4) is 0 Å². The van der Waals surface area contributed by atoms with E-state index in [9.17, 15) is 13.2 Å². The minimum absolute atomic E-state index is 0.0821. The van der Waals surface area contributed by atoms with Crippen LogP contribution in [0.5, 0.6) is 0 Å². The number of allylic oxidation sites excluding steroid dienone is 2. The summed E-state index contributed by atoms with van der Waals surface area (Å²) in [6.45, 7) is 2.28. The molecule has 1 aromatic carbocycles. The maximum Gasteiger partial charge on any atom is 0.409 e. The predicted molar refractivity (Wildman–Crippen MR) is 129 cm³/mol. The van der Waals surface area contributed by atoms with Gasteiger partial charge in [0.2, 0.25) is 0 Å². The monoisotopic (exact) mass is 448 g/mol. The Bertz CT molecular complexity index is 657. The highest BCUT2D eigenvalue weighted by atomic mass is 19.4. The van der Waals surface area contributed by atoms with Gasteiger partial charge in [0.1, 0.15) is 0 Å². The summed E-state index contributed by atoms with van der Waals surface area (Å²) in [7, 11) is 0. The van der Waals surface area contributed by atoms with Gasteiger partial charge in [-0.2, -0.15) is 13.2 Å². The number of unbranched alkanes of at least 4 members (excludes halogenated alkanes) is 5. The van der Waals surface area contributed by atoms with E-state index < -0.39 is 6.18 Å². The van der Waals surface area contributed by atoms with Crippen molar-refractivity contribution < 1.29 is 13.2 Å². The van der Waals surface area contributed by atoms with Gasteiger partial charge in [-0.15, -0.1) is 0 Å². The normalized spacial score (nSPS) is 27.1. The molecular weight excluding hydrogens is 405 g/mol. The third kappa shape index (κ3) is 8.60. The fourth-order valence-electron chi connectivity index (χ4n) is 5.93. The Kier molecular flexibility index (Phi) is 10.2. The number of hydrogen-bond acceptors (Lipinski definition) is 0. The Balaban J connectivity index is 1.37. The van der Waals surface area contributed by atoms with E-state index in [0.717, 1.165) is 31.6 Å². The van der Waals surface area contributed by atoms with E-state index in [4.69, 9.17) is 0 Å². The first-order valence-corrected chi connectivity index (χ1v) is 13.3. The van der Waals surface area contributed by atoms with Crippen molar-refractivity contribution in [3.05, 3.63) is 47.5 Å². The summed E-state index contributed by atoms with van der Waals surface area (Å²) in [6.07, 6.45) is 16.6. The predicted octanol–water partition coefficient (Wildman–Crippen LogP) is 10.1. The molecule has 32 heavy (non-hydrogen) atoms. The summed E-state index contributed by atoms with van der Waals surface area (Å²) in [5, 5.41) is 0. The van der Waals surface area contributed by atoms with Gasteiger partial charge in [0.25, 0.3) is 0 Å². The van der Waals surface area contributed by atoms with E-state index in [1.807, 2.05) is 0 Å². The molecule has 2 fully saturated rings. The first-order chi connectivity index (χ1) is 15.4. The Morgan fingerprint density at radius 2 is 1.22 bits per heavy atom. The standard InChI is InChI=1S/C29H43F3/c1-2-3-4-5-6-7-8-23-9-13-25(14-10-23)27-17-19-28(20-18-27)26-15-11-24(12-16-26)21-22-29(30,31)32/h17-26H,2-16H2,1H3/b22-21+. The first kappa shape index (κ1) is 25.4. The van der Waals surface area contributed by atoms with E-state index in [1.165, 1.54) is 87.8 Å².